The number of ether oxygens (including phenoxy) is 1. The molecule has 0 saturated carbocycles. The molecule has 0 aliphatic carbocycles. The number of carbonyl (C=O) groups excluding carboxylic acids is 3. The minimum Gasteiger partial charge on any atom is -0.497 e. The van der Waals surface area contributed by atoms with Crippen molar-refractivity contribution in [3.8, 4) is 5.75 Å². The summed E-state index contributed by atoms with van der Waals surface area (Å²) in [6, 6.07) is 14.4. The first-order chi connectivity index (χ1) is 15.4. The van der Waals surface area contributed by atoms with E-state index in [-0.39, 0.29) is 31.3 Å². The Labute approximate surface area is 188 Å². The molecular weight excluding hydrogens is 408 g/mol. The minimum atomic E-state index is -1.02. The zero-order chi connectivity index (χ0) is 23.1. The van der Waals surface area contributed by atoms with Crippen LogP contribution in [0.25, 0.3) is 0 Å². The molecule has 3 N–H and O–H groups in total. The van der Waals surface area contributed by atoms with E-state index in [4.69, 9.17) is 10.5 Å². The molecule has 0 radical (unpaired) electrons. The van der Waals surface area contributed by atoms with Gasteiger partial charge in [-0.3, -0.25) is 14.4 Å². The van der Waals surface area contributed by atoms with Gasteiger partial charge in [0.1, 0.15) is 5.75 Å². The molecule has 0 aromatic heterocycles. The second kappa shape index (κ2) is 10.8. The molecule has 0 bridgehead atoms. The summed E-state index contributed by atoms with van der Waals surface area (Å²) < 4.78 is 5.16. The molecule has 1 saturated heterocycles. The predicted octanol–water partition coefficient (Wildman–Crippen LogP) is 1.32. The fourth-order valence-corrected chi connectivity index (χ4v) is 3.75. The lowest BCUT2D eigenvalue weighted by Crippen LogP contribution is -2.64. The van der Waals surface area contributed by atoms with Gasteiger partial charge in [0.25, 0.3) is 11.8 Å². The first-order valence-corrected chi connectivity index (χ1v) is 10.7. The third-order valence-electron chi connectivity index (χ3n) is 5.46. The van der Waals surface area contributed by atoms with Gasteiger partial charge in [0.2, 0.25) is 5.91 Å². The van der Waals surface area contributed by atoms with Crippen LogP contribution in [0.15, 0.2) is 48.5 Å². The van der Waals surface area contributed by atoms with Crippen LogP contribution in [0.4, 0.5) is 0 Å². The van der Waals surface area contributed by atoms with Crippen LogP contribution in [0.2, 0.25) is 0 Å². The van der Waals surface area contributed by atoms with Crippen molar-refractivity contribution in [1.82, 2.24) is 15.1 Å². The third-order valence-corrected chi connectivity index (χ3v) is 5.46. The van der Waals surface area contributed by atoms with Gasteiger partial charge in [0, 0.05) is 31.7 Å². The van der Waals surface area contributed by atoms with Crippen molar-refractivity contribution in [3.05, 3.63) is 65.2 Å². The number of benzene rings is 2. The van der Waals surface area contributed by atoms with E-state index in [1.165, 1.54) is 9.80 Å². The summed E-state index contributed by atoms with van der Waals surface area (Å²) in [5, 5.41) is 2.74. The Morgan fingerprint density at radius 3 is 2.31 bits per heavy atom. The topological polar surface area (TPSA) is 105 Å². The maximum Gasteiger partial charge on any atom is 0.263 e. The first kappa shape index (κ1) is 23.3. The Morgan fingerprint density at radius 2 is 1.69 bits per heavy atom. The fraction of sp³-hybridized carbons (Fsp3) is 0.375. The molecule has 3 amide bonds. The molecule has 8 heteroatoms. The highest BCUT2D eigenvalue weighted by atomic mass is 16.5. The molecule has 1 heterocycles. The van der Waals surface area contributed by atoms with Crippen molar-refractivity contribution in [2.24, 2.45) is 5.73 Å². The average molecular weight is 439 g/mol. The Balaban J connectivity index is 1.85. The van der Waals surface area contributed by atoms with E-state index >= 15 is 0 Å². The lowest BCUT2D eigenvalue weighted by molar-refractivity contribution is -0.148. The van der Waals surface area contributed by atoms with Gasteiger partial charge in [-0.05, 0) is 43.2 Å². The summed E-state index contributed by atoms with van der Waals surface area (Å²) in [6.07, 6.45) is -0.307. The molecule has 1 aliphatic rings. The van der Waals surface area contributed by atoms with E-state index in [0.717, 1.165) is 11.1 Å². The normalized spacial score (nSPS) is 15.9. The van der Waals surface area contributed by atoms with E-state index in [1.807, 2.05) is 31.2 Å². The number of aryl methyl sites for hydroxylation is 1. The highest BCUT2D eigenvalue weighted by molar-refractivity contribution is 5.99. The number of nitrogens with zero attached hydrogens (tertiary/aromatic N) is 2. The van der Waals surface area contributed by atoms with Gasteiger partial charge in [-0.1, -0.05) is 29.8 Å². The van der Waals surface area contributed by atoms with Crippen molar-refractivity contribution >= 4 is 17.7 Å². The molecule has 0 spiro atoms. The van der Waals surface area contributed by atoms with E-state index < -0.39 is 12.1 Å². The Bertz CT molecular complexity index is 943. The van der Waals surface area contributed by atoms with Gasteiger partial charge in [-0.15, -0.1) is 0 Å². The number of hydrogen-bond acceptors (Lipinski definition) is 5. The molecular formula is C24H30N4O4. The fourth-order valence-electron chi connectivity index (χ4n) is 3.75. The summed E-state index contributed by atoms with van der Waals surface area (Å²) in [7, 11) is 1.58. The summed E-state index contributed by atoms with van der Waals surface area (Å²) >= 11 is 0. The van der Waals surface area contributed by atoms with Gasteiger partial charge in [-0.25, -0.2) is 0 Å². The molecule has 2 aromatic rings. The maximum absolute atomic E-state index is 13.3. The zero-order valence-electron chi connectivity index (χ0n) is 18.5. The van der Waals surface area contributed by atoms with Crippen molar-refractivity contribution in [3.63, 3.8) is 0 Å². The Morgan fingerprint density at radius 1 is 1.03 bits per heavy atom. The maximum atomic E-state index is 13.3. The number of amides is 3. The number of nitrogens with two attached hydrogens (primary N) is 1. The van der Waals surface area contributed by atoms with Crippen LogP contribution in [-0.4, -0.2) is 67.0 Å². The highest BCUT2D eigenvalue weighted by Gasteiger charge is 2.40. The Hall–Kier alpha value is -3.39. The number of methoxy groups -OCH3 is 1. The van der Waals surface area contributed by atoms with Crippen molar-refractivity contribution in [2.75, 3.05) is 33.3 Å². The van der Waals surface area contributed by atoms with Crippen LogP contribution in [-0.2, 0) is 16.0 Å². The molecule has 170 valence electrons. The minimum absolute atomic E-state index is 0.122. The van der Waals surface area contributed by atoms with Gasteiger partial charge in [-0.2, -0.15) is 0 Å². The van der Waals surface area contributed by atoms with Crippen molar-refractivity contribution in [1.29, 1.82) is 0 Å². The molecule has 2 aromatic carbocycles. The lowest BCUT2D eigenvalue weighted by Gasteiger charge is -2.42. The molecule has 3 rings (SSSR count). The largest absolute Gasteiger partial charge is 0.497 e. The standard InChI is InChI=1S/C24H30N4O4/c1-17-4-8-19(9-5-17)24(31)28-15-3-14-27(23(28)22(30)26-13-12-25)21(29)16-18-6-10-20(32-2)11-7-18/h4-11,23H,3,12-16,25H2,1-2H3,(H,26,30). The molecule has 1 aliphatic heterocycles. The molecule has 32 heavy (non-hydrogen) atoms. The van der Waals surface area contributed by atoms with Gasteiger partial charge >= 0.3 is 0 Å². The summed E-state index contributed by atoms with van der Waals surface area (Å²) in [6.45, 7) is 3.26. The quantitative estimate of drug-likeness (QED) is 0.678. The zero-order valence-corrected chi connectivity index (χ0v) is 18.5. The van der Waals surface area contributed by atoms with E-state index in [1.54, 1.807) is 31.4 Å². The third kappa shape index (κ3) is 5.45. The van der Waals surface area contributed by atoms with Crippen molar-refractivity contribution < 1.29 is 19.1 Å². The van der Waals surface area contributed by atoms with Gasteiger partial charge < -0.3 is 25.6 Å². The van der Waals surface area contributed by atoms with E-state index in [9.17, 15) is 14.4 Å². The van der Waals surface area contributed by atoms with Crippen LogP contribution in [0.5, 0.6) is 5.75 Å². The molecule has 8 nitrogen and oxygen atoms in total. The molecule has 1 atom stereocenters. The lowest BCUT2D eigenvalue weighted by atomic mass is 10.1. The Kier molecular flexibility index (Phi) is 7.83. The van der Waals surface area contributed by atoms with Crippen LogP contribution in [0.1, 0.15) is 27.9 Å². The molecule has 1 fully saturated rings. The average Bonchev–Trinajstić information content (AvgIpc) is 2.82. The predicted molar refractivity (Wildman–Crippen MR) is 121 cm³/mol. The van der Waals surface area contributed by atoms with Gasteiger partial charge in [0.15, 0.2) is 6.17 Å². The van der Waals surface area contributed by atoms with Crippen LogP contribution in [0.3, 0.4) is 0 Å². The van der Waals surface area contributed by atoms with Crippen molar-refractivity contribution in [2.45, 2.75) is 25.9 Å². The second-order valence-corrected chi connectivity index (χ2v) is 7.78. The summed E-state index contributed by atoms with van der Waals surface area (Å²) in [4.78, 5) is 42.5. The smallest absolute Gasteiger partial charge is 0.263 e. The number of rotatable bonds is 7. The summed E-state index contributed by atoms with van der Waals surface area (Å²) in [5.41, 5.74) is 7.86. The second-order valence-electron chi connectivity index (χ2n) is 7.78. The van der Waals surface area contributed by atoms with E-state index in [2.05, 4.69) is 5.32 Å². The SMILES string of the molecule is COc1ccc(CC(=O)N2CCCN(C(=O)c3ccc(C)cc3)C2C(=O)NCCN)cc1. The highest BCUT2D eigenvalue weighted by Crippen LogP contribution is 2.21. The molecule has 1 unspecified atom stereocenters. The summed E-state index contributed by atoms with van der Waals surface area (Å²) in [5.74, 6) is -0.198. The number of carbonyl (C=O) groups is 3. The number of nitrogens with one attached hydrogen (secondary N) is 1. The first-order valence-electron chi connectivity index (χ1n) is 10.7. The van der Waals surface area contributed by atoms with Crippen LogP contribution in [0, 0.1) is 6.92 Å². The van der Waals surface area contributed by atoms with Crippen LogP contribution >= 0.6 is 0 Å². The van der Waals surface area contributed by atoms with Crippen LogP contribution < -0.4 is 15.8 Å². The number of hydrogen-bond donors (Lipinski definition) is 2. The van der Waals surface area contributed by atoms with E-state index in [0.29, 0.717) is 30.8 Å². The monoisotopic (exact) mass is 438 g/mol. The van der Waals surface area contributed by atoms with Gasteiger partial charge in [0.05, 0.1) is 13.5 Å².